The van der Waals surface area contributed by atoms with Gasteiger partial charge in [0.2, 0.25) is 10.0 Å². The van der Waals surface area contributed by atoms with Gasteiger partial charge in [-0.15, -0.1) is 11.8 Å². The van der Waals surface area contributed by atoms with E-state index in [2.05, 4.69) is 11.8 Å². The van der Waals surface area contributed by atoms with Crippen molar-refractivity contribution in [2.24, 2.45) is 0 Å². The smallest absolute Gasteiger partial charge is 0.331 e. The molecule has 0 saturated carbocycles. The third-order valence-electron chi connectivity index (χ3n) is 5.54. The summed E-state index contributed by atoms with van der Waals surface area (Å²) >= 11 is 1.51. The maximum Gasteiger partial charge on any atom is 0.331 e. The number of hydrogen-bond acceptors (Lipinski definition) is 6. The summed E-state index contributed by atoms with van der Waals surface area (Å²) in [6, 6.07) is 12.9. The number of carbonyl (C=O) groups is 1. The molecule has 1 atom stereocenters. The third-order valence-corrected chi connectivity index (χ3v) is 8.40. The Labute approximate surface area is 200 Å². The third kappa shape index (κ3) is 5.72. The Balaban J connectivity index is 2.21. The van der Waals surface area contributed by atoms with E-state index in [-0.39, 0.29) is 10.9 Å². The average Bonchev–Trinajstić information content (AvgIpc) is 2.87. The average molecular weight is 491 g/mol. The predicted molar refractivity (Wildman–Crippen MR) is 132 cm³/mol. The Morgan fingerprint density at radius 1 is 1.24 bits per heavy atom. The van der Waals surface area contributed by atoms with Crippen LogP contribution in [0.2, 0.25) is 0 Å². The van der Waals surface area contributed by atoms with Crippen molar-refractivity contribution >= 4 is 39.1 Å². The van der Waals surface area contributed by atoms with Crippen molar-refractivity contribution in [3.8, 4) is 5.75 Å². The van der Waals surface area contributed by atoms with E-state index in [1.54, 1.807) is 7.05 Å². The van der Waals surface area contributed by atoms with Gasteiger partial charge in [0.15, 0.2) is 0 Å². The second-order valence-electron chi connectivity index (χ2n) is 7.72. The van der Waals surface area contributed by atoms with Gasteiger partial charge in [-0.05, 0) is 30.4 Å². The standard InChI is InChI=1S/C24H30N2O5S2/c1-4-6-10-19-17-26(18-11-8-7-9-12-18)20-15-22(32-5-2)21(31-14-13-24(27)28)16-23(20)33(29,30)25(19)3/h7-9,11-16,19H,4-6,10,17H2,1-3H3,(H,27,28)/b14-13+/t19-/m1/s1. The first kappa shape index (κ1) is 25.1. The SMILES string of the molecule is CCCC[C@@H]1CN(c2ccccc2)c2cc(SCC)c(O/C=C/C(=O)O)cc2S(=O)(=O)N1C. The first-order chi connectivity index (χ1) is 15.8. The molecule has 1 aliphatic rings. The lowest BCUT2D eigenvalue weighted by molar-refractivity contribution is -0.131. The van der Waals surface area contributed by atoms with Crippen molar-refractivity contribution in [2.75, 3.05) is 24.2 Å². The number of aliphatic carboxylic acids is 1. The number of nitrogens with zero attached hydrogens (tertiary/aromatic N) is 2. The molecule has 0 aliphatic carbocycles. The molecule has 3 rings (SSSR count). The highest BCUT2D eigenvalue weighted by atomic mass is 32.2. The summed E-state index contributed by atoms with van der Waals surface area (Å²) in [4.78, 5) is 13.8. The van der Waals surface area contributed by atoms with Crippen molar-refractivity contribution in [3.63, 3.8) is 0 Å². The molecule has 33 heavy (non-hydrogen) atoms. The monoisotopic (exact) mass is 490 g/mol. The molecule has 0 bridgehead atoms. The normalized spacial score (nSPS) is 18.2. The fourth-order valence-electron chi connectivity index (χ4n) is 3.81. The Hall–Kier alpha value is -2.49. The van der Waals surface area contributed by atoms with Crippen LogP contribution in [0.4, 0.5) is 11.4 Å². The van der Waals surface area contributed by atoms with Crippen LogP contribution in [0.1, 0.15) is 33.1 Å². The number of para-hydroxylation sites is 1. The molecule has 2 aromatic rings. The van der Waals surface area contributed by atoms with Crippen LogP contribution < -0.4 is 9.64 Å². The van der Waals surface area contributed by atoms with Crippen molar-refractivity contribution in [1.29, 1.82) is 0 Å². The molecule has 1 aliphatic heterocycles. The second kappa shape index (κ2) is 11.1. The van der Waals surface area contributed by atoms with E-state index in [4.69, 9.17) is 9.84 Å². The summed E-state index contributed by atoms with van der Waals surface area (Å²) in [6.45, 7) is 4.62. The number of benzene rings is 2. The minimum atomic E-state index is -3.81. The van der Waals surface area contributed by atoms with Gasteiger partial charge in [0.1, 0.15) is 10.6 Å². The largest absolute Gasteiger partial charge is 0.478 e. The van der Waals surface area contributed by atoms with E-state index in [0.717, 1.165) is 47.9 Å². The number of carboxylic acids is 1. The minimum absolute atomic E-state index is 0.145. The summed E-state index contributed by atoms with van der Waals surface area (Å²) in [5, 5.41) is 8.89. The highest BCUT2D eigenvalue weighted by Gasteiger charge is 2.37. The van der Waals surface area contributed by atoms with Crippen molar-refractivity contribution in [3.05, 3.63) is 54.8 Å². The van der Waals surface area contributed by atoms with Crippen LogP contribution in [0.5, 0.6) is 5.75 Å². The van der Waals surface area contributed by atoms with Gasteiger partial charge in [-0.1, -0.05) is 44.9 Å². The van der Waals surface area contributed by atoms with Crippen LogP contribution in [0.3, 0.4) is 0 Å². The number of hydrogen-bond donors (Lipinski definition) is 1. The van der Waals surface area contributed by atoms with E-state index in [1.165, 1.54) is 22.1 Å². The van der Waals surface area contributed by atoms with Gasteiger partial charge in [0.05, 0.1) is 22.9 Å². The van der Waals surface area contributed by atoms with Crippen LogP contribution in [0.15, 0.2) is 64.6 Å². The second-order valence-corrected chi connectivity index (χ2v) is 11.0. The van der Waals surface area contributed by atoms with Crippen molar-refractivity contribution < 1.29 is 23.1 Å². The highest BCUT2D eigenvalue weighted by Crippen LogP contribution is 2.43. The van der Waals surface area contributed by atoms with Gasteiger partial charge in [-0.2, -0.15) is 4.31 Å². The molecule has 0 radical (unpaired) electrons. The molecule has 0 spiro atoms. The lowest BCUT2D eigenvalue weighted by Crippen LogP contribution is -2.40. The van der Waals surface area contributed by atoms with E-state index in [9.17, 15) is 13.2 Å². The van der Waals surface area contributed by atoms with Gasteiger partial charge in [-0.3, -0.25) is 0 Å². The van der Waals surface area contributed by atoms with Crippen molar-refractivity contribution in [1.82, 2.24) is 4.31 Å². The first-order valence-electron chi connectivity index (χ1n) is 11.0. The lowest BCUT2D eigenvalue weighted by Gasteiger charge is -2.29. The van der Waals surface area contributed by atoms with Crippen LogP contribution in [-0.2, 0) is 14.8 Å². The molecule has 1 heterocycles. The molecule has 0 fully saturated rings. The number of likely N-dealkylation sites (N-methyl/N-ethyl adjacent to an activating group) is 1. The van der Waals surface area contributed by atoms with E-state index >= 15 is 0 Å². The molecule has 7 nitrogen and oxygen atoms in total. The topological polar surface area (TPSA) is 87.1 Å². The van der Waals surface area contributed by atoms with Gasteiger partial charge >= 0.3 is 5.97 Å². The fourth-order valence-corrected chi connectivity index (χ4v) is 6.13. The van der Waals surface area contributed by atoms with E-state index in [1.807, 2.05) is 43.3 Å². The summed E-state index contributed by atoms with van der Waals surface area (Å²) in [6.07, 6.45) is 4.60. The molecule has 0 amide bonds. The lowest BCUT2D eigenvalue weighted by atomic mass is 10.1. The number of rotatable bonds is 9. The molecular weight excluding hydrogens is 460 g/mol. The number of anilines is 2. The van der Waals surface area contributed by atoms with E-state index in [0.29, 0.717) is 18.0 Å². The van der Waals surface area contributed by atoms with Crippen LogP contribution in [0.25, 0.3) is 0 Å². The van der Waals surface area contributed by atoms with Gasteiger partial charge < -0.3 is 14.7 Å². The molecule has 0 unspecified atom stereocenters. The first-order valence-corrected chi connectivity index (χ1v) is 13.4. The fraction of sp³-hybridized carbons (Fsp3) is 0.375. The summed E-state index contributed by atoms with van der Waals surface area (Å²) in [5.74, 6) is -0.0829. The Morgan fingerprint density at radius 2 is 1.97 bits per heavy atom. The molecule has 178 valence electrons. The maximum absolute atomic E-state index is 13.7. The van der Waals surface area contributed by atoms with Crippen LogP contribution in [0, 0.1) is 0 Å². The Morgan fingerprint density at radius 3 is 2.61 bits per heavy atom. The van der Waals surface area contributed by atoms with Crippen molar-refractivity contribution in [2.45, 2.75) is 48.9 Å². The Bertz CT molecular complexity index is 1100. The predicted octanol–water partition coefficient (Wildman–Crippen LogP) is 5.11. The Kier molecular flexibility index (Phi) is 8.45. The van der Waals surface area contributed by atoms with Crippen LogP contribution in [-0.4, -0.2) is 49.2 Å². The summed E-state index contributed by atoms with van der Waals surface area (Å²) in [5.41, 5.74) is 1.51. The molecule has 2 aromatic carbocycles. The van der Waals surface area contributed by atoms with Gasteiger partial charge in [-0.25, -0.2) is 13.2 Å². The summed E-state index contributed by atoms with van der Waals surface area (Å²) in [7, 11) is -2.18. The number of ether oxygens (including phenoxy) is 1. The molecule has 0 aromatic heterocycles. The number of unbranched alkanes of at least 4 members (excludes halogenated alkanes) is 1. The zero-order valence-electron chi connectivity index (χ0n) is 19.1. The minimum Gasteiger partial charge on any atom is -0.478 e. The van der Waals surface area contributed by atoms with Crippen LogP contribution >= 0.6 is 11.8 Å². The highest BCUT2D eigenvalue weighted by molar-refractivity contribution is 7.99. The van der Waals surface area contributed by atoms with Gasteiger partial charge in [0, 0.05) is 31.4 Å². The number of fused-ring (bicyclic) bond motifs is 1. The summed E-state index contributed by atoms with van der Waals surface area (Å²) < 4.78 is 34.5. The molecule has 0 saturated heterocycles. The molecular formula is C24H30N2O5S2. The zero-order valence-corrected chi connectivity index (χ0v) is 20.7. The quantitative estimate of drug-likeness (QED) is 0.297. The molecule has 1 N–H and O–H groups in total. The van der Waals surface area contributed by atoms with Gasteiger partial charge in [0.25, 0.3) is 0 Å². The maximum atomic E-state index is 13.7. The number of sulfonamides is 1. The zero-order chi connectivity index (χ0) is 24.0. The number of carboxylic acid groups (broad SMARTS) is 1. The number of thioether (sulfide) groups is 1. The van der Waals surface area contributed by atoms with E-state index < -0.39 is 16.0 Å². The molecule has 9 heteroatoms.